The van der Waals surface area contributed by atoms with Gasteiger partial charge in [0.15, 0.2) is 0 Å². The van der Waals surface area contributed by atoms with Gasteiger partial charge in [0.1, 0.15) is 5.75 Å². The molecule has 15 heavy (non-hydrogen) atoms. The molecule has 0 radical (unpaired) electrons. The fourth-order valence-corrected chi connectivity index (χ4v) is 2.00. The molecule has 0 aromatic heterocycles. The van der Waals surface area contributed by atoms with Crippen LogP contribution in [0.25, 0.3) is 0 Å². The summed E-state index contributed by atoms with van der Waals surface area (Å²) in [6.45, 7) is 4.12. The third kappa shape index (κ3) is 2.95. The molecule has 1 aromatic rings. The Balaban J connectivity index is 2.95. The van der Waals surface area contributed by atoms with Gasteiger partial charge in [0, 0.05) is 4.47 Å². The lowest BCUT2D eigenvalue weighted by atomic mass is 9.95. The summed E-state index contributed by atoms with van der Waals surface area (Å²) in [5.74, 6) is 1.05. The average Bonchev–Trinajstić information content (AvgIpc) is 2.26. The van der Waals surface area contributed by atoms with Crippen LogP contribution in [0.3, 0.4) is 0 Å². The van der Waals surface area contributed by atoms with E-state index in [-0.39, 0.29) is 5.92 Å². The van der Waals surface area contributed by atoms with Gasteiger partial charge in [-0.05, 0) is 23.6 Å². The van der Waals surface area contributed by atoms with Crippen LogP contribution >= 0.6 is 15.9 Å². The summed E-state index contributed by atoms with van der Waals surface area (Å²) in [5, 5.41) is 10.1. The first-order valence-electron chi connectivity index (χ1n) is 5.11. The van der Waals surface area contributed by atoms with Crippen LogP contribution in [0.2, 0.25) is 0 Å². The number of methoxy groups -OCH3 is 1. The van der Waals surface area contributed by atoms with Crippen molar-refractivity contribution in [3.05, 3.63) is 28.2 Å². The van der Waals surface area contributed by atoms with E-state index in [1.807, 2.05) is 25.1 Å². The first kappa shape index (κ1) is 12.5. The van der Waals surface area contributed by atoms with Crippen LogP contribution in [-0.2, 0) is 0 Å². The molecular weight excluding hydrogens is 256 g/mol. The predicted molar refractivity (Wildman–Crippen MR) is 65.1 cm³/mol. The molecule has 0 aliphatic carbocycles. The Morgan fingerprint density at radius 1 is 1.47 bits per heavy atom. The molecule has 2 nitrogen and oxygen atoms in total. The van der Waals surface area contributed by atoms with E-state index in [4.69, 9.17) is 4.74 Å². The Kier molecular flexibility index (Phi) is 4.61. The summed E-state index contributed by atoms with van der Waals surface area (Å²) < 4.78 is 6.00. The molecule has 0 aliphatic rings. The molecule has 2 unspecified atom stereocenters. The lowest BCUT2D eigenvalue weighted by Gasteiger charge is -2.19. The maximum Gasteiger partial charge on any atom is 0.120 e. The van der Waals surface area contributed by atoms with Gasteiger partial charge in [0.2, 0.25) is 0 Å². The van der Waals surface area contributed by atoms with Crippen molar-refractivity contribution in [3.63, 3.8) is 0 Å². The van der Waals surface area contributed by atoms with Crippen LogP contribution in [-0.4, -0.2) is 12.2 Å². The minimum absolute atomic E-state index is 0.259. The van der Waals surface area contributed by atoms with Gasteiger partial charge in [-0.3, -0.25) is 0 Å². The van der Waals surface area contributed by atoms with Crippen molar-refractivity contribution in [2.75, 3.05) is 7.11 Å². The second-order valence-electron chi connectivity index (χ2n) is 3.72. The van der Waals surface area contributed by atoms with E-state index in [2.05, 4.69) is 22.9 Å². The zero-order valence-electron chi connectivity index (χ0n) is 9.33. The molecule has 0 bridgehead atoms. The second kappa shape index (κ2) is 5.52. The summed E-state index contributed by atoms with van der Waals surface area (Å²) in [5.41, 5.74) is 0.921. The van der Waals surface area contributed by atoms with Gasteiger partial charge in [0.05, 0.1) is 13.2 Å². The highest BCUT2D eigenvalue weighted by molar-refractivity contribution is 9.10. The van der Waals surface area contributed by atoms with E-state index in [0.29, 0.717) is 0 Å². The quantitative estimate of drug-likeness (QED) is 0.909. The van der Waals surface area contributed by atoms with E-state index in [1.165, 1.54) is 0 Å². The van der Waals surface area contributed by atoms with Gasteiger partial charge in [-0.25, -0.2) is 0 Å². The molecule has 1 rings (SSSR count). The molecule has 1 aromatic carbocycles. The van der Waals surface area contributed by atoms with Gasteiger partial charge in [-0.2, -0.15) is 0 Å². The molecule has 0 saturated heterocycles. The van der Waals surface area contributed by atoms with Crippen molar-refractivity contribution in [1.29, 1.82) is 0 Å². The van der Waals surface area contributed by atoms with E-state index < -0.39 is 6.10 Å². The van der Waals surface area contributed by atoms with Crippen LogP contribution < -0.4 is 4.74 Å². The topological polar surface area (TPSA) is 29.5 Å². The highest BCUT2D eigenvalue weighted by Crippen LogP contribution is 2.32. The molecule has 1 N–H and O–H groups in total. The van der Waals surface area contributed by atoms with Crippen molar-refractivity contribution < 1.29 is 9.84 Å². The summed E-state index contributed by atoms with van der Waals surface area (Å²) in [4.78, 5) is 0. The molecule has 0 aliphatic heterocycles. The summed E-state index contributed by atoms with van der Waals surface area (Å²) >= 11 is 3.45. The van der Waals surface area contributed by atoms with Crippen LogP contribution in [0.5, 0.6) is 5.75 Å². The van der Waals surface area contributed by atoms with Crippen LogP contribution in [0.1, 0.15) is 31.9 Å². The minimum atomic E-state index is -0.421. The molecule has 2 atom stereocenters. The van der Waals surface area contributed by atoms with Crippen molar-refractivity contribution >= 4 is 15.9 Å². The molecule has 0 spiro atoms. The highest BCUT2D eigenvalue weighted by Gasteiger charge is 2.17. The number of ether oxygens (including phenoxy) is 1. The molecular formula is C12H17BrO2. The summed E-state index contributed by atoms with van der Waals surface area (Å²) in [6.07, 6.45) is 0.537. The Morgan fingerprint density at radius 2 is 2.13 bits per heavy atom. The van der Waals surface area contributed by atoms with Gasteiger partial charge in [-0.1, -0.05) is 42.3 Å². The Hall–Kier alpha value is -0.540. The third-order valence-corrected chi connectivity index (χ3v) is 3.40. The average molecular weight is 273 g/mol. The first-order chi connectivity index (χ1) is 7.10. The lowest BCUT2D eigenvalue weighted by molar-refractivity contribution is 0.115. The smallest absolute Gasteiger partial charge is 0.120 e. The van der Waals surface area contributed by atoms with Crippen molar-refractivity contribution in [2.45, 2.75) is 26.4 Å². The minimum Gasteiger partial charge on any atom is -0.497 e. The van der Waals surface area contributed by atoms with E-state index >= 15 is 0 Å². The standard InChI is InChI=1S/C12H17BrO2/c1-4-8(2)12(14)10-6-5-9(15-3)7-11(10)13/h5-8,12,14H,4H2,1-3H3. The van der Waals surface area contributed by atoms with Crippen LogP contribution in [0, 0.1) is 5.92 Å². The number of halogens is 1. The molecule has 0 amide bonds. The molecule has 0 heterocycles. The SMILES string of the molecule is CCC(C)C(O)c1ccc(OC)cc1Br. The number of rotatable bonds is 4. The molecule has 0 saturated carbocycles. The van der Waals surface area contributed by atoms with Crippen LogP contribution in [0.4, 0.5) is 0 Å². The maximum absolute atomic E-state index is 10.1. The Labute approximate surface area is 99.4 Å². The Morgan fingerprint density at radius 3 is 2.60 bits per heavy atom. The van der Waals surface area contributed by atoms with E-state index in [9.17, 15) is 5.11 Å². The molecule has 3 heteroatoms. The molecule has 0 fully saturated rings. The number of aliphatic hydroxyl groups is 1. The van der Waals surface area contributed by atoms with Gasteiger partial charge in [-0.15, -0.1) is 0 Å². The number of hydrogen-bond donors (Lipinski definition) is 1. The third-order valence-electron chi connectivity index (χ3n) is 2.71. The largest absolute Gasteiger partial charge is 0.497 e. The number of aliphatic hydroxyl groups excluding tert-OH is 1. The number of benzene rings is 1. The van der Waals surface area contributed by atoms with Crippen molar-refractivity contribution in [3.8, 4) is 5.75 Å². The van der Waals surface area contributed by atoms with Gasteiger partial charge < -0.3 is 9.84 Å². The van der Waals surface area contributed by atoms with Gasteiger partial charge in [0.25, 0.3) is 0 Å². The predicted octanol–water partition coefficient (Wildman–Crippen LogP) is 3.54. The normalized spacial score (nSPS) is 14.7. The van der Waals surface area contributed by atoms with Crippen LogP contribution in [0.15, 0.2) is 22.7 Å². The first-order valence-corrected chi connectivity index (χ1v) is 5.91. The van der Waals surface area contributed by atoms with Crippen molar-refractivity contribution in [1.82, 2.24) is 0 Å². The Bertz CT molecular complexity index is 325. The lowest BCUT2D eigenvalue weighted by Crippen LogP contribution is -2.08. The number of hydrogen-bond acceptors (Lipinski definition) is 2. The summed E-state index contributed by atoms with van der Waals surface area (Å²) in [6, 6.07) is 5.65. The van der Waals surface area contributed by atoms with Crippen molar-refractivity contribution in [2.24, 2.45) is 5.92 Å². The highest BCUT2D eigenvalue weighted by atomic mass is 79.9. The fourth-order valence-electron chi connectivity index (χ4n) is 1.40. The molecule has 84 valence electrons. The summed E-state index contributed by atoms with van der Waals surface area (Å²) in [7, 11) is 1.63. The van der Waals surface area contributed by atoms with E-state index in [0.717, 1.165) is 22.2 Å². The maximum atomic E-state index is 10.1. The zero-order chi connectivity index (χ0) is 11.4. The van der Waals surface area contributed by atoms with E-state index in [1.54, 1.807) is 7.11 Å². The monoisotopic (exact) mass is 272 g/mol. The second-order valence-corrected chi connectivity index (χ2v) is 4.57. The zero-order valence-corrected chi connectivity index (χ0v) is 10.9. The fraction of sp³-hybridized carbons (Fsp3) is 0.500. The van der Waals surface area contributed by atoms with Gasteiger partial charge >= 0.3 is 0 Å².